The second-order valence-corrected chi connectivity index (χ2v) is 3.35. The molecule has 0 atom stereocenters. The number of nitrogens with zero attached hydrogens (tertiary/aromatic N) is 4. The highest BCUT2D eigenvalue weighted by Gasteiger charge is 2.08. The molecule has 0 aliphatic rings. The van der Waals surface area contributed by atoms with E-state index >= 15 is 0 Å². The molecule has 6 nitrogen and oxygen atoms in total. The number of hydrogen-bond donors (Lipinski definition) is 2. The summed E-state index contributed by atoms with van der Waals surface area (Å²) >= 11 is 0. The average Bonchev–Trinajstić information content (AvgIpc) is 2.96. The van der Waals surface area contributed by atoms with Gasteiger partial charge < -0.3 is 9.97 Å². The summed E-state index contributed by atoms with van der Waals surface area (Å²) in [4.78, 5) is 5.61. The highest BCUT2D eigenvalue weighted by molar-refractivity contribution is 5.91. The lowest BCUT2D eigenvalue weighted by Gasteiger charge is -1.79. The number of nitrogens with one attached hydrogen (secondary N) is 2. The Bertz CT molecular complexity index is 801. The smallest absolute Gasteiger partial charge is 0.153 e. The second-order valence-electron chi connectivity index (χ2n) is 3.35. The van der Waals surface area contributed by atoms with Gasteiger partial charge in [-0.25, -0.2) is 0 Å². The molecule has 2 N–H and O–H groups in total. The predicted octanol–water partition coefficient (Wildman–Crippen LogP) is -0.108. The number of rotatable bonds is 0. The minimum absolute atomic E-state index is 0.0500. The van der Waals surface area contributed by atoms with Crippen LogP contribution in [0, 0.1) is 45.3 Å². The Hall–Kier alpha value is -3.48. The van der Waals surface area contributed by atoms with Crippen LogP contribution in [-0.2, 0) is 0 Å². The van der Waals surface area contributed by atoms with Gasteiger partial charge in [0.2, 0.25) is 0 Å². The Labute approximate surface area is 101 Å². The van der Waals surface area contributed by atoms with Crippen LogP contribution in [0.2, 0.25) is 0 Å². The molecule has 0 aliphatic heterocycles. The zero-order chi connectivity index (χ0) is 13.1. The molecule has 0 unspecified atom stereocenters. The zero-order valence-corrected chi connectivity index (χ0v) is 8.94. The summed E-state index contributed by atoms with van der Waals surface area (Å²) in [6.07, 6.45) is 3.11. The SMILES string of the molecule is N#CC(C#N)=c1[nH]cc2c(=C(C#N)C#N)[nH]cc12. The van der Waals surface area contributed by atoms with Crippen LogP contribution in [-0.4, -0.2) is 9.97 Å². The monoisotopic (exact) mass is 232 g/mol. The van der Waals surface area contributed by atoms with Crippen molar-refractivity contribution < 1.29 is 0 Å². The first kappa shape index (κ1) is 11.0. The Morgan fingerprint density at radius 2 is 1.06 bits per heavy atom. The van der Waals surface area contributed by atoms with Gasteiger partial charge in [-0.2, -0.15) is 21.0 Å². The summed E-state index contributed by atoms with van der Waals surface area (Å²) in [5.41, 5.74) is -0.1000. The van der Waals surface area contributed by atoms with Crippen LogP contribution >= 0.6 is 0 Å². The van der Waals surface area contributed by atoms with E-state index in [0.717, 1.165) is 0 Å². The molecule has 0 fully saturated rings. The molecule has 0 saturated carbocycles. The minimum Gasteiger partial charge on any atom is -0.359 e. The van der Waals surface area contributed by atoms with Crippen LogP contribution in [0.5, 0.6) is 0 Å². The normalized spacial score (nSPS) is 8.89. The fourth-order valence-electron chi connectivity index (χ4n) is 1.70. The van der Waals surface area contributed by atoms with Gasteiger partial charge in [-0.05, 0) is 0 Å². The standard InChI is InChI=1S/C12H4N6/c13-1-7(2-14)11-9-5-18-12(8(3-15)4-16)10(9)6-17-11/h5-6,17-18H. The van der Waals surface area contributed by atoms with Crippen molar-refractivity contribution in [3.63, 3.8) is 0 Å². The van der Waals surface area contributed by atoms with Crippen molar-refractivity contribution >= 4 is 21.9 Å². The summed E-state index contributed by atoms with van der Waals surface area (Å²) in [6, 6.07) is 7.15. The molecular weight excluding hydrogens is 228 g/mol. The second kappa shape index (κ2) is 4.18. The molecule has 0 aromatic carbocycles. The lowest BCUT2D eigenvalue weighted by atomic mass is 10.2. The Kier molecular flexibility index (Phi) is 2.56. The van der Waals surface area contributed by atoms with Gasteiger partial charge in [0, 0.05) is 23.2 Å². The Morgan fingerprint density at radius 1 is 0.722 bits per heavy atom. The molecule has 2 rings (SSSR count). The van der Waals surface area contributed by atoms with Crippen molar-refractivity contribution in [1.82, 2.24) is 9.97 Å². The van der Waals surface area contributed by atoms with E-state index in [-0.39, 0.29) is 11.1 Å². The van der Waals surface area contributed by atoms with Crippen molar-refractivity contribution in [2.24, 2.45) is 0 Å². The first-order chi connectivity index (χ1) is 8.76. The van der Waals surface area contributed by atoms with E-state index < -0.39 is 0 Å². The van der Waals surface area contributed by atoms with Crippen LogP contribution in [0.4, 0.5) is 0 Å². The van der Waals surface area contributed by atoms with E-state index in [1.807, 2.05) is 0 Å². The van der Waals surface area contributed by atoms with E-state index in [4.69, 9.17) is 21.0 Å². The van der Waals surface area contributed by atoms with E-state index in [2.05, 4.69) is 9.97 Å². The Morgan fingerprint density at radius 3 is 1.33 bits per heavy atom. The molecule has 2 aromatic rings. The largest absolute Gasteiger partial charge is 0.359 e. The van der Waals surface area contributed by atoms with Gasteiger partial charge >= 0.3 is 0 Å². The maximum Gasteiger partial charge on any atom is 0.153 e. The summed E-state index contributed by atoms with van der Waals surface area (Å²) in [5, 5.41) is 37.2. The average molecular weight is 232 g/mol. The van der Waals surface area contributed by atoms with Gasteiger partial charge in [-0.15, -0.1) is 0 Å². The van der Waals surface area contributed by atoms with Crippen LogP contribution < -0.4 is 10.7 Å². The highest BCUT2D eigenvalue weighted by atomic mass is 14.7. The third kappa shape index (κ3) is 1.39. The summed E-state index contributed by atoms with van der Waals surface area (Å²) in [5.74, 6) is 0. The molecular formula is C12H4N6. The number of aromatic nitrogens is 2. The van der Waals surface area contributed by atoms with Gasteiger partial charge in [0.05, 0.1) is 10.7 Å². The maximum atomic E-state index is 8.82. The first-order valence-corrected chi connectivity index (χ1v) is 4.80. The maximum absolute atomic E-state index is 8.82. The lowest BCUT2D eigenvalue weighted by molar-refractivity contribution is 1.29. The number of hydrogen-bond acceptors (Lipinski definition) is 4. The van der Waals surface area contributed by atoms with E-state index in [1.165, 1.54) is 0 Å². The van der Waals surface area contributed by atoms with Crippen molar-refractivity contribution in [1.29, 1.82) is 21.0 Å². The fraction of sp³-hybridized carbons (Fsp3) is 0. The highest BCUT2D eigenvalue weighted by Crippen LogP contribution is 2.05. The van der Waals surface area contributed by atoms with Gasteiger partial charge in [0.15, 0.2) is 11.1 Å². The zero-order valence-electron chi connectivity index (χ0n) is 8.94. The van der Waals surface area contributed by atoms with Crippen molar-refractivity contribution in [2.75, 3.05) is 0 Å². The quantitative estimate of drug-likeness (QED) is 0.656. The third-order valence-corrected chi connectivity index (χ3v) is 2.50. The Balaban J connectivity index is 3.04. The third-order valence-electron chi connectivity index (χ3n) is 2.50. The summed E-state index contributed by atoms with van der Waals surface area (Å²) < 4.78 is 0. The van der Waals surface area contributed by atoms with Crippen LogP contribution in [0.3, 0.4) is 0 Å². The van der Waals surface area contributed by atoms with Crippen LogP contribution in [0.1, 0.15) is 0 Å². The van der Waals surface area contributed by atoms with Crippen molar-refractivity contribution in [3.05, 3.63) is 23.1 Å². The molecule has 6 heteroatoms. The summed E-state index contributed by atoms with van der Waals surface area (Å²) in [7, 11) is 0. The topological polar surface area (TPSA) is 127 Å². The molecule has 2 aromatic heterocycles. The first-order valence-electron chi connectivity index (χ1n) is 4.80. The van der Waals surface area contributed by atoms with E-state index in [9.17, 15) is 0 Å². The molecule has 0 amide bonds. The fourth-order valence-corrected chi connectivity index (χ4v) is 1.70. The van der Waals surface area contributed by atoms with Gasteiger partial charge in [0.1, 0.15) is 24.3 Å². The molecule has 0 bridgehead atoms. The predicted molar refractivity (Wildman–Crippen MR) is 61.2 cm³/mol. The van der Waals surface area contributed by atoms with E-state index in [0.29, 0.717) is 21.5 Å². The van der Waals surface area contributed by atoms with Crippen molar-refractivity contribution in [3.8, 4) is 24.3 Å². The van der Waals surface area contributed by atoms with Gasteiger partial charge in [-0.1, -0.05) is 0 Å². The summed E-state index contributed by atoms with van der Waals surface area (Å²) in [6.45, 7) is 0. The molecule has 0 radical (unpaired) electrons. The van der Waals surface area contributed by atoms with Crippen molar-refractivity contribution in [2.45, 2.75) is 0 Å². The number of aromatic amines is 2. The molecule has 82 valence electrons. The molecule has 0 spiro atoms. The van der Waals surface area contributed by atoms with Crippen LogP contribution in [0.25, 0.3) is 21.9 Å². The van der Waals surface area contributed by atoms with Gasteiger partial charge in [0.25, 0.3) is 0 Å². The minimum atomic E-state index is -0.0500. The van der Waals surface area contributed by atoms with Crippen LogP contribution in [0.15, 0.2) is 12.4 Å². The number of H-pyrrole nitrogens is 2. The number of nitriles is 4. The molecule has 2 heterocycles. The number of fused-ring (bicyclic) bond motifs is 1. The molecule has 0 saturated heterocycles. The van der Waals surface area contributed by atoms with Gasteiger partial charge in [-0.3, -0.25) is 0 Å². The molecule has 18 heavy (non-hydrogen) atoms. The van der Waals surface area contributed by atoms with E-state index in [1.54, 1.807) is 36.7 Å². The lowest BCUT2D eigenvalue weighted by Crippen LogP contribution is -2.04. The molecule has 0 aliphatic carbocycles.